The second-order valence-corrected chi connectivity index (χ2v) is 6.25. The molecule has 0 amide bonds. The van der Waals surface area contributed by atoms with Gasteiger partial charge in [0.25, 0.3) is 0 Å². The van der Waals surface area contributed by atoms with E-state index in [0.29, 0.717) is 17.3 Å². The largest absolute Gasteiger partial charge is 0.368 e. The minimum absolute atomic E-state index is 0.287. The molecule has 1 aliphatic rings. The topological polar surface area (TPSA) is 80.0 Å². The summed E-state index contributed by atoms with van der Waals surface area (Å²) in [6.07, 6.45) is 3.44. The molecule has 1 fully saturated rings. The van der Waals surface area contributed by atoms with E-state index >= 15 is 0 Å². The number of nitrogen functional groups attached to an aromatic ring is 1. The molecule has 0 aromatic carbocycles. The minimum Gasteiger partial charge on any atom is -0.368 e. The fraction of sp³-hybridized carbons (Fsp3) is 0.769. The molecule has 2 rings (SSSR count). The van der Waals surface area contributed by atoms with Crippen LogP contribution in [0.15, 0.2) is 0 Å². The average molecular weight is 264 g/mol. The molecule has 1 aromatic heterocycles. The second kappa shape index (κ2) is 5.59. The Morgan fingerprint density at radius 2 is 1.84 bits per heavy atom. The zero-order valence-corrected chi connectivity index (χ0v) is 12.1. The van der Waals surface area contributed by atoms with Gasteiger partial charge in [0.1, 0.15) is 0 Å². The first-order valence-corrected chi connectivity index (χ1v) is 6.94. The van der Waals surface area contributed by atoms with Crippen LogP contribution in [-0.2, 0) is 0 Å². The summed E-state index contributed by atoms with van der Waals surface area (Å²) >= 11 is 0. The minimum atomic E-state index is 0.287. The first-order chi connectivity index (χ1) is 8.94. The van der Waals surface area contributed by atoms with Crippen LogP contribution < -0.4 is 16.0 Å². The maximum absolute atomic E-state index is 5.76. The van der Waals surface area contributed by atoms with Crippen LogP contribution >= 0.6 is 0 Å². The highest BCUT2D eigenvalue weighted by atomic mass is 15.3. The summed E-state index contributed by atoms with van der Waals surface area (Å²) in [4.78, 5) is 15.0. The van der Waals surface area contributed by atoms with Crippen molar-refractivity contribution in [3.05, 3.63) is 0 Å². The highest BCUT2D eigenvalue weighted by Gasteiger charge is 2.17. The number of rotatable bonds is 4. The Balaban J connectivity index is 2.00. The number of nitrogens with one attached hydrogen (secondary N) is 1. The van der Waals surface area contributed by atoms with Gasteiger partial charge >= 0.3 is 0 Å². The van der Waals surface area contributed by atoms with E-state index in [9.17, 15) is 0 Å². The predicted octanol–water partition coefficient (Wildman–Crippen LogP) is 1.90. The van der Waals surface area contributed by atoms with Gasteiger partial charge in [-0.3, -0.25) is 0 Å². The van der Waals surface area contributed by atoms with Crippen LogP contribution in [0.1, 0.15) is 40.0 Å². The number of anilines is 3. The van der Waals surface area contributed by atoms with E-state index in [1.807, 2.05) is 0 Å². The van der Waals surface area contributed by atoms with Crippen molar-refractivity contribution in [3.8, 4) is 0 Å². The quantitative estimate of drug-likeness (QED) is 0.864. The Kier molecular flexibility index (Phi) is 4.07. The molecule has 0 spiro atoms. The lowest BCUT2D eigenvalue weighted by Gasteiger charge is -2.19. The third-order valence-electron chi connectivity index (χ3n) is 3.19. The van der Waals surface area contributed by atoms with E-state index < -0.39 is 0 Å². The molecule has 1 aliphatic heterocycles. The monoisotopic (exact) mass is 264 g/mol. The average Bonchev–Trinajstić information content (AvgIpc) is 2.79. The summed E-state index contributed by atoms with van der Waals surface area (Å²) < 4.78 is 0. The van der Waals surface area contributed by atoms with Crippen molar-refractivity contribution in [1.29, 1.82) is 0 Å². The van der Waals surface area contributed by atoms with Crippen LogP contribution in [0.4, 0.5) is 17.8 Å². The Bertz CT molecular complexity index is 420. The molecule has 6 nitrogen and oxygen atoms in total. The van der Waals surface area contributed by atoms with E-state index in [0.717, 1.165) is 26.1 Å². The molecule has 1 saturated heterocycles. The van der Waals surface area contributed by atoms with Crippen molar-refractivity contribution in [3.63, 3.8) is 0 Å². The van der Waals surface area contributed by atoms with Gasteiger partial charge < -0.3 is 16.0 Å². The van der Waals surface area contributed by atoms with Crippen molar-refractivity contribution in [2.75, 3.05) is 35.6 Å². The van der Waals surface area contributed by atoms with Gasteiger partial charge in [-0.05, 0) is 24.7 Å². The van der Waals surface area contributed by atoms with Crippen molar-refractivity contribution in [2.45, 2.75) is 40.0 Å². The fourth-order valence-corrected chi connectivity index (χ4v) is 2.07. The standard InChI is InChI=1S/C13H24N6/c1-13(2,3)6-7-15-11-16-10(14)17-12(18-11)19-8-4-5-9-19/h4-9H2,1-3H3,(H3,14,15,16,17,18). The molecular formula is C13H24N6. The van der Waals surface area contributed by atoms with Gasteiger partial charge in [0, 0.05) is 19.6 Å². The molecule has 0 atom stereocenters. The molecular weight excluding hydrogens is 240 g/mol. The zero-order valence-electron chi connectivity index (χ0n) is 12.1. The normalized spacial score (nSPS) is 15.8. The van der Waals surface area contributed by atoms with Gasteiger partial charge in [-0.1, -0.05) is 20.8 Å². The van der Waals surface area contributed by atoms with Crippen LogP contribution in [0.3, 0.4) is 0 Å². The van der Waals surface area contributed by atoms with Crippen molar-refractivity contribution in [1.82, 2.24) is 15.0 Å². The molecule has 0 radical (unpaired) electrons. The third kappa shape index (κ3) is 4.22. The lowest BCUT2D eigenvalue weighted by atomic mass is 9.92. The van der Waals surface area contributed by atoms with Gasteiger partial charge in [-0.15, -0.1) is 0 Å². The van der Waals surface area contributed by atoms with Gasteiger partial charge in [0.15, 0.2) is 0 Å². The van der Waals surface area contributed by atoms with Crippen LogP contribution in [0.2, 0.25) is 0 Å². The maximum atomic E-state index is 5.76. The van der Waals surface area contributed by atoms with Crippen molar-refractivity contribution < 1.29 is 0 Å². The molecule has 0 bridgehead atoms. The van der Waals surface area contributed by atoms with Crippen LogP contribution in [-0.4, -0.2) is 34.6 Å². The zero-order chi connectivity index (χ0) is 13.9. The summed E-state index contributed by atoms with van der Waals surface area (Å²) in [6, 6.07) is 0. The summed E-state index contributed by atoms with van der Waals surface area (Å²) in [5.74, 6) is 1.57. The molecule has 0 saturated carbocycles. The van der Waals surface area contributed by atoms with E-state index in [-0.39, 0.29) is 5.95 Å². The van der Waals surface area contributed by atoms with Crippen molar-refractivity contribution in [2.24, 2.45) is 5.41 Å². The van der Waals surface area contributed by atoms with Gasteiger partial charge in [-0.2, -0.15) is 15.0 Å². The molecule has 6 heteroatoms. The number of nitrogens with zero attached hydrogens (tertiary/aromatic N) is 4. The van der Waals surface area contributed by atoms with E-state index in [1.165, 1.54) is 12.8 Å². The first-order valence-electron chi connectivity index (χ1n) is 6.94. The van der Waals surface area contributed by atoms with Gasteiger partial charge in [-0.25, -0.2) is 0 Å². The lowest BCUT2D eigenvalue weighted by Crippen LogP contribution is -2.22. The lowest BCUT2D eigenvalue weighted by molar-refractivity contribution is 0.389. The van der Waals surface area contributed by atoms with E-state index in [4.69, 9.17) is 5.73 Å². The molecule has 2 heterocycles. The van der Waals surface area contributed by atoms with Crippen LogP contribution in [0.25, 0.3) is 0 Å². The van der Waals surface area contributed by atoms with Crippen molar-refractivity contribution >= 4 is 17.8 Å². The summed E-state index contributed by atoms with van der Waals surface area (Å²) in [6.45, 7) is 9.49. The Labute approximate surface area is 114 Å². The number of hydrogen-bond acceptors (Lipinski definition) is 6. The number of aromatic nitrogens is 3. The van der Waals surface area contributed by atoms with Gasteiger partial charge in [0.2, 0.25) is 17.8 Å². The highest BCUT2D eigenvalue weighted by Crippen LogP contribution is 2.20. The summed E-state index contributed by atoms with van der Waals surface area (Å²) in [5, 5.41) is 3.24. The third-order valence-corrected chi connectivity index (χ3v) is 3.19. The second-order valence-electron chi connectivity index (χ2n) is 6.25. The van der Waals surface area contributed by atoms with Crippen LogP contribution in [0, 0.1) is 5.41 Å². The highest BCUT2D eigenvalue weighted by molar-refractivity contribution is 5.42. The van der Waals surface area contributed by atoms with E-state index in [2.05, 4.69) is 45.9 Å². The maximum Gasteiger partial charge on any atom is 0.231 e. The summed E-state index contributed by atoms with van der Waals surface area (Å²) in [7, 11) is 0. The summed E-state index contributed by atoms with van der Waals surface area (Å²) in [5.41, 5.74) is 6.05. The molecule has 106 valence electrons. The Hall–Kier alpha value is -1.59. The smallest absolute Gasteiger partial charge is 0.231 e. The number of nitrogens with two attached hydrogens (primary N) is 1. The number of hydrogen-bond donors (Lipinski definition) is 2. The fourth-order valence-electron chi connectivity index (χ4n) is 2.07. The molecule has 1 aromatic rings. The first kappa shape index (κ1) is 13.8. The van der Waals surface area contributed by atoms with E-state index in [1.54, 1.807) is 0 Å². The SMILES string of the molecule is CC(C)(C)CCNc1nc(N)nc(N2CCCC2)n1. The Morgan fingerprint density at radius 1 is 1.16 bits per heavy atom. The molecule has 19 heavy (non-hydrogen) atoms. The molecule has 0 aliphatic carbocycles. The predicted molar refractivity (Wildman–Crippen MR) is 78.2 cm³/mol. The van der Waals surface area contributed by atoms with Crippen LogP contribution in [0.5, 0.6) is 0 Å². The Morgan fingerprint density at radius 3 is 2.47 bits per heavy atom. The van der Waals surface area contributed by atoms with Gasteiger partial charge in [0.05, 0.1) is 0 Å². The molecule has 3 N–H and O–H groups in total. The molecule has 0 unspecified atom stereocenters.